The van der Waals surface area contributed by atoms with E-state index in [1.807, 2.05) is 0 Å². The minimum Gasteiger partial charge on any atom is -0.512 e. The predicted octanol–water partition coefficient (Wildman–Crippen LogP) is 3.11. The average molecular weight is 403 g/mol. The van der Waals surface area contributed by atoms with Gasteiger partial charge < -0.3 is 15.3 Å². The fraction of sp³-hybridized carbons (Fsp3) is 0.400. The molecule has 129 valence electrons. The fourth-order valence-electron chi connectivity index (χ4n) is 0.882. The number of aliphatic hydroxyl groups is 3. The van der Waals surface area contributed by atoms with Gasteiger partial charge in [0.2, 0.25) is 0 Å². The number of carbonyl (C=O) groups excluding carboxylic acids is 3. The van der Waals surface area contributed by atoms with E-state index in [0.29, 0.717) is 0 Å². The second kappa shape index (κ2) is 17.3. The van der Waals surface area contributed by atoms with E-state index in [4.69, 9.17) is 15.3 Å². The molecule has 0 aromatic heterocycles. The monoisotopic (exact) mass is 403 g/mol. The van der Waals surface area contributed by atoms with Crippen LogP contribution >= 0.6 is 0 Å². The summed E-state index contributed by atoms with van der Waals surface area (Å²) in [5, 5.41) is 25.1. The Labute approximate surface area is 144 Å². The number of ketones is 3. The maximum atomic E-state index is 10.0. The van der Waals surface area contributed by atoms with Gasteiger partial charge in [0.1, 0.15) is 0 Å². The van der Waals surface area contributed by atoms with Gasteiger partial charge >= 0.3 is 0 Å². The predicted molar refractivity (Wildman–Crippen MR) is 81.2 cm³/mol. The van der Waals surface area contributed by atoms with Crippen molar-refractivity contribution in [2.24, 2.45) is 0 Å². The molecule has 0 aromatic carbocycles. The summed E-state index contributed by atoms with van der Waals surface area (Å²) in [5.74, 6) is -0.187. The first kappa shape index (κ1) is 28.4. The number of hydrogen-bond donors (Lipinski definition) is 3. The third-order valence-electron chi connectivity index (χ3n) is 1.24. The second-order valence-corrected chi connectivity index (χ2v) is 4.19. The molecule has 6 nitrogen and oxygen atoms in total. The van der Waals surface area contributed by atoms with Crippen molar-refractivity contribution >= 4 is 17.3 Å². The van der Waals surface area contributed by atoms with Crippen LogP contribution in [0.2, 0.25) is 0 Å². The third kappa shape index (κ3) is 51.7. The van der Waals surface area contributed by atoms with E-state index in [0.717, 1.165) is 0 Å². The van der Waals surface area contributed by atoms with Crippen molar-refractivity contribution in [1.82, 2.24) is 0 Å². The van der Waals surface area contributed by atoms with E-state index in [1.165, 1.54) is 59.8 Å². The minimum atomic E-state index is -0.125. The van der Waals surface area contributed by atoms with E-state index in [-0.39, 0.29) is 54.1 Å². The summed E-state index contributed by atoms with van der Waals surface area (Å²) in [5.41, 5.74) is 0. The van der Waals surface area contributed by atoms with E-state index < -0.39 is 0 Å². The number of rotatable bonds is 3. The molecule has 22 heavy (non-hydrogen) atoms. The van der Waals surface area contributed by atoms with Crippen molar-refractivity contribution < 1.29 is 49.2 Å². The summed E-state index contributed by atoms with van der Waals surface area (Å²) < 4.78 is 0. The molecule has 0 saturated carbocycles. The molecule has 0 unspecified atom stereocenters. The van der Waals surface area contributed by atoms with Gasteiger partial charge in [0.15, 0.2) is 17.3 Å². The summed E-state index contributed by atoms with van der Waals surface area (Å²) >= 11 is 0. The van der Waals surface area contributed by atoms with Crippen molar-refractivity contribution in [2.45, 2.75) is 41.5 Å². The largest absolute Gasteiger partial charge is 0.512 e. The van der Waals surface area contributed by atoms with Crippen molar-refractivity contribution in [1.29, 1.82) is 0 Å². The van der Waals surface area contributed by atoms with Crippen LogP contribution in [0.1, 0.15) is 41.5 Å². The number of hydrogen-bond acceptors (Lipinski definition) is 6. The maximum absolute atomic E-state index is 10.0. The number of aliphatic hydroxyl groups excluding tert-OH is 3. The summed E-state index contributed by atoms with van der Waals surface area (Å²) in [6.07, 6.45) is 3.50. The summed E-state index contributed by atoms with van der Waals surface area (Å²) in [4.78, 5) is 30.1. The van der Waals surface area contributed by atoms with E-state index in [9.17, 15) is 14.4 Å². The van der Waals surface area contributed by atoms with Crippen molar-refractivity contribution in [3.63, 3.8) is 0 Å². The van der Waals surface area contributed by atoms with Gasteiger partial charge in [0, 0.05) is 37.7 Å². The van der Waals surface area contributed by atoms with Crippen LogP contribution in [0.25, 0.3) is 0 Å². The molecule has 0 rings (SSSR count). The van der Waals surface area contributed by atoms with Crippen LogP contribution in [-0.4, -0.2) is 32.7 Å². The van der Waals surface area contributed by atoms with Crippen molar-refractivity contribution in [3.05, 3.63) is 35.5 Å². The van der Waals surface area contributed by atoms with Crippen LogP contribution in [0.15, 0.2) is 35.5 Å². The van der Waals surface area contributed by atoms with E-state index >= 15 is 0 Å². The number of carbonyl (C=O) groups is 3. The first-order valence-corrected chi connectivity index (χ1v) is 6.02. The van der Waals surface area contributed by atoms with Crippen LogP contribution in [0.4, 0.5) is 0 Å². The second-order valence-electron chi connectivity index (χ2n) is 4.19. The molecule has 1 radical (unpaired) electrons. The summed E-state index contributed by atoms with van der Waals surface area (Å²) in [6.45, 7) is 8.54. The van der Waals surface area contributed by atoms with E-state index in [1.54, 1.807) is 0 Å². The molecule has 0 amide bonds. The first-order chi connectivity index (χ1) is 9.38. The zero-order valence-corrected chi connectivity index (χ0v) is 15.3. The molecule has 0 fully saturated rings. The Hall–Kier alpha value is -1.75. The number of allylic oxidation sites excluding steroid dienone is 6. The molecule has 0 spiro atoms. The Morgan fingerprint density at radius 1 is 0.545 bits per heavy atom. The Balaban J connectivity index is -0.000000108. The summed E-state index contributed by atoms with van der Waals surface area (Å²) in [7, 11) is 0. The van der Waals surface area contributed by atoms with Gasteiger partial charge in [0.25, 0.3) is 0 Å². The molecular weight excluding hydrogens is 379 g/mol. The standard InChI is InChI=1S/3C5H8O2.Rh/c3*1-4(6)3-5(2)7;/h3*3,6H,1-2H3;. The molecular formula is C15H24O6Rh. The van der Waals surface area contributed by atoms with Crippen molar-refractivity contribution in [3.8, 4) is 0 Å². The quantitative estimate of drug-likeness (QED) is 0.379. The van der Waals surface area contributed by atoms with Crippen LogP contribution in [0, 0.1) is 0 Å². The average Bonchev–Trinajstić information content (AvgIpc) is 2.10. The third-order valence-corrected chi connectivity index (χ3v) is 1.24. The smallest absolute Gasteiger partial charge is 0.155 e. The minimum absolute atomic E-state index is 0. The zero-order chi connectivity index (χ0) is 17.6. The van der Waals surface area contributed by atoms with Gasteiger partial charge in [0.05, 0.1) is 17.3 Å². The molecule has 0 heterocycles. The molecule has 0 aliphatic carbocycles. The SMILES string of the molecule is CC(=O)C=C(C)O.CC(=O)C=C(C)O.CC(=O)C=C(C)O.[Rh]. The van der Waals surface area contributed by atoms with Gasteiger partial charge in [-0.1, -0.05) is 0 Å². The zero-order valence-electron chi connectivity index (χ0n) is 13.6. The fourth-order valence-corrected chi connectivity index (χ4v) is 0.882. The van der Waals surface area contributed by atoms with Crippen LogP contribution in [-0.2, 0) is 33.9 Å². The van der Waals surface area contributed by atoms with Crippen LogP contribution in [0.5, 0.6) is 0 Å². The molecule has 0 atom stereocenters. The van der Waals surface area contributed by atoms with Crippen LogP contribution in [0.3, 0.4) is 0 Å². The first-order valence-electron chi connectivity index (χ1n) is 6.02. The Kier molecular flexibility index (Phi) is 22.4. The summed E-state index contributed by atoms with van der Waals surface area (Å²) in [6, 6.07) is 0. The van der Waals surface area contributed by atoms with Gasteiger partial charge in [-0.15, -0.1) is 0 Å². The van der Waals surface area contributed by atoms with E-state index in [2.05, 4.69) is 0 Å². The topological polar surface area (TPSA) is 112 Å². The Morgan fingerprint density at radius 2 is 0.682 bits per heavy atom. The molecule has 3 N–H and O–H groups in total. The maximum Gasteiger partial charge on any atom is 0.155 e. The van der Waals surface area contributed by atoms with Gasteiger partial charge in [-0.05, 0) is 41.5 Å². The molecule has 0 bridgehead atoms. The van der Waals surface area contributed by atoms with Gasteiger partial charge in [-0.3, -0.25) is 14.4 Å². The Morgan fingerprint density at radius 3 is 0.682 bits per heavy atom. The molecule has 0 aliphatic rings. The van der Waals surface area contributed by atoms with Gasteiger partial charge in [-0.25, -0.2) is 0 Å². The molecule has 0 aromatic rings. The van der Waals surface area contributed by atoms with Crippen molar-refractivity contribution in [2.75, 3.05) is 0 Å². The normalized spacial score (nSPS) is 10.9. The van der Waals surface area contributed by atoms with Crippen LogP contribution < -0.4 is 0 Å². The Bertz CT molecular complexity index is 368. The van der Waals surface area contributed by atoms with Gasteiger partial charge in [-0.2, -0.15) is 0 Å². The molecule has 0 saturated heterocycles. The molecule has 7 heteroatoms. The molecule has 0 aliphatic heterocycles.